The second-order valence-corrected chi connectivity index (χ2v) is 3.37. The third kappa shape index (κ3) is 2.79. The maximum atomic E-state index is 13.5. The Labute approximate surface area is 84.0 Å². The number of hydrogen-bond acceptors (Lipinski definition) is 3. The first-order chi connectivity index (χ1) is 6.79. The van der Waals surface area contributed by atoms with E-state index in [1.807, 2.05) is 13.0 Å². The molecule has 0 spiro atoms. The van der Waals surface area contributed by atoms with Gasteiger partial charge >= 0.3 is 0 Å². The van der Waals surface area contributed by atoms with Crippen LogP contribution in [0.5, 0.6) is 0 Å². The lowest BCUT2D eigenvalue weighted by Crippen LogP contribution is -2.23. The average molecular weight is 197 g/mol. The van der Waals surface area contributed by atoms with Gasteiger partial charge in [0.25, 0.3) is 0 Å². The Morgan fingerprint density at radius 3 is 3.21 bits per heavy atom. The molecule has 0 aromatic carbocycles. The van der Waals surface area contributed by atoms with E-state index in [1.54, 1.807) is 0 Å². The molecule has 1 aliphatic rings. The van der Waals surface area contributed by atoms with Crippen LogP contribution in [0, 0.1) is 11.3 Å². The van der Waals surface area contributed by atoms with E-state index in [0.717, 1.165) is 13.0 Å². The van der Waals surface area contributed by atoms with E-state index in [0.29, 0.717) is 18.5 Å². The van der Waals surface area contributed by atoms with E-state index in [1.165, 1.54) is 0 Å². The largest absolute Gasteiger partial charge is 0.311 e. The standard InChI is InChI=1S/C10H16FN3/c1-2-4-13-7-9(11)8-3-5-14-10(8)6-12/h10,13-14H,2-5,7H2,1H3. The fourth-order valence-electron chi connectivity index (χ4n) is 1.52. The smallest absolute Gasteiger partial charge is 0.120 e. The molecule has 1 fully saturated rings. The second kappa shape index (κ2) is 5.74. The normalized spacial score (nSPS) is 24.8. The number of rotatable bonds is 4. The molecule has 0 bridgehead atoms. The molecule has 14 heavy (non-hydrogen) atoms. The highest BCUT2D eigenvalue weighted by molar-refractivity contribution is 5.27. The molecule has 1 unspecified atom stereocenters. The number of nitriles is 1. The molecule has 2 N–H and O–H groups in total. The number of halogens is 1. The maximum absolute atomic E-state index is 13.5. The molecule has 78 valence electrons. The summed E-state index contributed by atoms with van der Waals surface area (Å²) in [6.45, 7) is 3.80. The second-order valence-electron chi connectivity index (χ2n) is 3.37. The van der Waals surface area contributed by atoms with Crippen LogP contribution in [0.2, 0.25) is 0 Å². The van der Waals surface area contributed by atoms with Crippen molar-refractivity contribution in [2.45, 2.75) is 25.8 Å². The summed E-state index contributed by atoms with van der Waals surface area (Å²) in [7, 11) is 0. The van der Waals surface area contributed by atoms with Crippen molar-refractivity contribution in [2.24, 2.45) is 0 Å². The van der Waals surface area contributed by atoms with Gasteiger partial charge in [-0.2, -0.15) is 5.26 Å². The van der Waals surface area contributed by atoms with Gasteiger partial charge in [0.1, 0.15) is 11.9 Å². The van der Waals surface area contributed by atoms with Gasteiger partial charge in [0, 0.05) is 13.1 Å². The lowest BCUT2D eigenvalue weighted by molar-refractivity contribution is 0.552. The van der Waals surface area contributed by atoms with Crippen molar-refractivity contribution in [2.75, 3.05) is 19.6 Å². The molecule has 1 atom stereocenters. The third-order valence-corrected chi connectivity index (χ3v) is 2.28. The SMILES string of the molecule is CCCNCC(F)=C1CCNC1C#N. The van der Waals surface area contributed by atoms with Crippen LogP contribution in [0.4, 0.5) is 4.39 Å². The number of nitrogens with one attached hydrogen (secondary N) is 2. The summed E-state index contributed by atoms with van der Waals surface area (Å²) in [6.07, 6.45) is 1.64. The molecule has 1 heterocycles. The molecule has 0 amide bonds. The van der Waals surface area contributed by atoms with Crippen LogP contribution in [0.15, 0.2) is 11.4 Å². The Kier molecular flexibility index (Phi) is 4.57. The van der Waals surface area contributed by atoms with Gasteiger partial charge in [-0.05, 0) is 25.0 Å². The van der Waals surface area contributed by atoms with Crippen LogP contribution in [0.25, 0.3) is 0 Å². The fraction of sp³-hybridized carbons (Fsp3) is 0.700. The van der Waals surface area contributed by atoms with Gasteiger partial charge in [0.05, 0.1) is 6.07 Å². The zero-order valence-electron chi connectivity index (χ0n) is 8.44. The minimum atomic E-state index is -0.418. The van der Waals surface area contributed by atoms with Gasteiger partial charge in [-0.1, -0.05) is 6.92 Å². The number of nitrogens with zero attached hydrogens (tertiary/aromatic N) is 1. The van der Waals surface area contributed by atoms with Crippen molar-refractivity contribution in [3.63, 3.8) is 0 Å². The van der Waals surface area contributed by atoms with Crippen LogP contribution < -0.4 is 10.6 Å². The Morgan fingerprint density at radius 1 is 1.79 bits per heavy atom. The first kappa shape index (κ1) is 11.2. The predicted octanol–water partition coefficient (Wildman–Crippen LogP) is 1.10. The minimum Gasteiger partial charge on any atom is -0.311 e. The van der Waals surface area contributed by atoms with E-state index in [4.69, 9.17) is 5.26 Å². The van der Waals surface area contributed by atoms with Crippen LogP contribution in [-0.2, 0) is 0 Å². The van der Waals surface area contributed by atoms with Crippen molar-refractivity contribution < 1.29 is 4.39 Å². The summed E-state index contributed by atoms with van der Waals surface area (Å²) < 4.78 is 13.5. The lowest BCUT2D eigenvalue weighted by Gasteiger charge is -2.06. The van der Waals surface area contributed by atoms with Crippen LogP contribution in [0.1, 0.15) is 19.8 Å². The van der Waals surface area contributed by atoms with Crippen molar-refractivity contribution in [3.05, 3.63) is 11.4 Å². The summed E-state index contributed by atoms with van der Waals surface area (Å²) in [5.74, 6) is -0.171. The topological polar surface area (TPSA) is 47.8 Å². The van der Waals surface area contributed by atoms with Crippen LogP contribution in [0.3, 0.4) is 0 Å². The van der Waals surface area contributed by atoms with Crippen LogP contribution in [-0.4, -0.2) is 25.7 Å². The molecule has 0 aliphatic carbocycles. The summed E-state index contributed by atoms with van der Waals surface area (Å²) >= 11 is 0. The monoisotopic (exact) mass is 197 g/mol. The molecule has 0 aromatic rings. The minimum absolute atomic E-state index is 0.171. The lowest BCUT2D eigenvalue weighted by atomic mass is 10.1. The molecular weight excluding hydrogens is 181 g/mol. The molecular formula is C10H16FN3. The molecule has 3 nitrogen and oxygen atoms in total. The van der Waals surface area contributed by atoms with E-state index in [9.17, 15) is 4.39 Å². The van der Waals surface area contributed by atoms with Crippen molar-refractivity contribution >= 4 is 0 Å². The van der Waals surface area contributed by atoms with Crippen molar-refractivity contribution in [1.82, 2.24) is 10.6 Å². The van der Waals surface area contributed by atoms with Gasteiger partial charge in [-0.15, -0.1) is 0 Å². The first-order valence-corrected chi connectivity index (χ1v) is 5.00. The third-order valence-electron chi connectivity index (χ3n) is 2.28. The summed E-state index contributed by atoms with van der Waals surface area (Å²) in [4.78, 5) is 0. The number of hydrogen-bond donors (Lipinski definition) is 2. The van der Waals surface area contributed by atoms with Gasteiger partial charge in [0.2, 0.25) is 0 Å². The van der Waals surface area contributed by atoms with Gasteiger partial charge in [-0.3, -0.25) is 5.32 Å². The molecule has 1 aliphatic heterocycles. The predicted molar refractivity (Wildman–Crippen MR) is 53.3 cm³/mol. The fourth-order valence-corrected chi connectivity index (χ4v) is 1.52. The van der Waals surface area contributed by atoms with Crippen LogP contribution >= 0.6 is 0 Å². The van der Waals surface area contributed by atoms with Crippen molar-refractivity contribution in [1.29, 1.82) is 5.26 Å². The highest BCUT2D eigenvalue weighted by Gasteiger charge is 2.23. The summed E-state index contributed by atoms with van der Waals surface area (Å²) in [5, 5.41) is 14.7. The molecule has 0 radical (unpaired) electrons. The van der Waals surface area contributed by atoms with Gasteiger partial charge < -0.3 is 5.32 Å². The highest BCUT2D eigenvalue weighted by atomic mass is 19.1. The summed E-state index contributed by atoms with van der Waals surface area (Å²) in [5.41, 5.74) is 0.621. The average Bonchev–Trinajstić information content (AvgIpc) is 2.65. The van der Waals surface area contributed by atoms with Crippen molar-refractivity contribution in [3.8, 4) is 6.07 Å². The quantitative estimate of drug-likeness (QED) is 0.663. The Morgan fingerprint density at radius 2 is 2.57 bits per heavy atom. The highest BCUT2D eigenvalue weighted by Crippen LogP contribution is 2.18. The summed E-state index contributed by atoms with van der Waals surface area (Å²) in [6, 6.07) is 1.63. The molecule has 0 aromatic heterocycles. The first-order valence-electron chi connectivity index (χ1n) is 5.00. The molecule has 1 rings (SSSR count). The molecule has 0 saturated carbocycles. The van der Waals surface area contributed by atoms with Gasteiger partial charge in [0.15, 0.2) is 0 Å². The van der Waals surface area contributed by atoms with E-state index >= 15 is 0 Å². The van der Waals surface area contributed by atoms with E-state index in [-0.39, 0.29) is 12.4 Å². The Hall–Kier alpha value is -0.920. The van der Waals surface area contributed by atoms with E-state index < -0.39 is 6.04 Å². The molecule has 1 saturated heterocycles. The Bertz CT molecular complexity index is 255. The zero-order chi connectivity index (χ0) is 10.4. The zero-order valence-corrected chi connectivity index (χ0v) is 8.44. The Balaban J connectivity index is 2.50. The molecule has 4 heteroatoms. The maximum Gasteiger partial charge on any atom is 0.120 e. The van der Waals surface area contributed by atoms with Gasteiger partial charge in [-0.25, -0.2) is 4.39 Å². The van der Waals surface area contributed by atoms with E-state index in [2.05, 4.69) is 10.6 Å².